The Morgan fingerprint density at radius 1 is 1.00 bits per heavy atom. The van der Waals surface area contributed by atoms with Crippen LogP contribution >= 0.6 is 11.3 Å². The van der Waals surface area contributed by atoms with Crippen LogP contribution in [0.1, 0.15) is 33.6 Å². The van der Waals surface area contributed by atoms with Gasteiger partial charge in [0, 0.05) is 36.4 Å². The second-order valence-corrected chi connectivity index (χ2v) is 9.81. The lowest BCUT2D eigenvalue weighted by atomic mass is 9.95. The molecule has 2 heterocycles. The lowest BCUT2D eigenvalue weighted by Gasteiger charge is -2.34. The third kappa shape index (κ3) is 3.53. The van der Waals surface area contributed by atoms with Gasteiger partial charge in [0.15, 0.2) is 0 Å². The van der Waals surface area contributed by atoms with E-state index in [2.05, 4.69) is 0 Å². The van der Waals surface area contributed by atoms with Crippen molar-refractivity contribution in [1.29, 1.82) is 0 Å². The normalized spacial score (nSPS) is 18.3. The highest BCUT2D eigenvalue weighted by atomic mass is 32.2. The summed E-state index contributed by atoms with van der Waals surface area (Å²) in [6, 6.07) is 4.85. The van der Waals surface area contributed by atoms with E-state index in [0.29, 0.717) is 13.1 Å². The summed E-state index contributed by atoms with van der Waals surface area (Å²) < 4.78 is 39.8. The molecule has 0 bridgehead atoms. The molecule has 0 radical (unpaired) electrons. The Balaban J connectivity index is 1.45. The Morgan fingerprint density at radius 3 is 2.37 bits per heavy atom. The summed E-state index contributed by atoms with van der Waals surface area (Å²) in [4.78, 5) is 16.1. The molecule has 1 aromatic heterocycles. The minimum atomic E-state index is -3.67. The third-order valence-corrected chi connectivity index (χ3v) is 8.27. The topological polar surface area (TPSA) is 57.7 Å². The smallest absolute Gasteiger partial charge is 0.255 e. The highest BCUT2D eigenvalue weighted by Gasteiger charge is 2.31. The molecule has 0 N–H and O–H groups in total. The van der Waals surface area contributed by atoms with Gasteiger partial charge in [-0.1, -0.05) is 0 Å². The van der Waals surface area contributed by atoms with Gasteiger partial charge in [0.05, 0.1) is 10.5 Å². The van der Waals surface area contributed by atoms with Crippen molar-refractivity contribution in [3.05, 3.63) is 51.5 Å². The van der Waals surface area contributed by atoms with Crippen molar-refractivity contribution in [2.24, 2.45) is 0 Å². The molecule has 1 aromatic carbocycles. The predicted octanol–water partition coefficient (Wildman–Crippen LogP) is 2.91. The van der Waals surface area contributed by atoms with Gasteiger partial charge < -0.3 is 4.90 Å². The maximum absolute atomic E-state index is 13.1. The van der Waals surface area contributed by atoms with E-state index in [-0.39, 0.29) is 23.9 Å². The molecule has 2 aliphatic rings. The minimum Gasteiger partial charge on any atom is -0.336 e. The molecule has 1 saturated heterocycles. The van der Waals surface area contributed by atoms with Gasteiger partial charge >= 0.3 is 0 Å². The van der Waals surface area contributed by atoms with Gasteiger partial charge in [0.25, 0.3) is 5.91 Å². The van der Waals surface area contributed by atoms with Gasteiger partial charge in [-0.25, -0.2) is 12.8 Å². The first kappa shape index (κ1) is 18.6. The van der Waals surface area contributed by atoms with Crippen molar-refractivity contribution in [3.63, 3.8) is 0 Å². The van der Waals surface area contributed by atoms with Crippen LogP contribution in [-0.4, -0.2) is 49.7 Å². The van der Waals surface area contributed by atoms with Gasteiger partial charge in [-0.3, -0.25) is 4.79 Å². The van der Waals surface area contributed by atoms with E-state index in [9.17, 15) is 17.6 Å². The Labute approximate surface area is 162 Å². The van der Waals surface area contributed by atoms with E-state index in [1.165, 1.54) is 33.3 Å². The van der Waals surface area contributed by atoms with E-state index < -0.39 is 15.8 Å². The van der Waals surface area contributed by atoms with Crippen LogP contribution in [-0.2, 0) is 22.9 Å². The SMILES string of the molecule is O=C(c1csc2c1CCCC2)N1CCN(S(=O)(=O)c2ccc(F)cc2)CC1. The maximum atomic E-state index is 13.1. The van der Waals surface area contributed by atoms with Crippen LogP contribution in [0.15, 0.2) is 34.5 Å². The number of rotatable bonds is 3. The number of sulfonamides is 1. The number of nitrogens with zero attached hydrogens (tertiary/aromatic N) is 2. The molecule has 1 aliphatic carbocycles. The first-order valence-electron chi connectivity index (χ1n) is 9.11. The largest absolute Gasteiger partial charge is 0.336 e. The van der Waals surface area contributed by atoms with Crippen LogP contribution in [0.25, 0.3) is 0 Å². The van der Waals surface area contributed by atoms with Crippen LogP contribution < -0.4 is 0 Å². The van der Waals surface area contributed by atoms with Gasteiger partial charge in [-0.2, -0.15) is 4.31 Å². The average molecular weight is 409 g/mol. The quantitative estimate of drug-likeness (QED) is 0.785. The third-order valence-electron chi connectivity index (χ3n) is 5.27. The number of benzene rings is 1. The summed E-state index contributed by atoms with van der Waals surface area (Å²) in [6.07, 6.45) is 4.31. The maximum Gasteiger partial charge on any atom is 0.255 e. The number of fused-ring (bicyclic) bond motifs is 1. The number of carbonyl (C=O) groups is 1. The predicted molar refractivity (Wildman–Crippen MR) is 102 cm³/mol. The number of amides is 1. The van der Waals surface area contributed by atoms with Crippen LogP contribution in [0.2, 0.25) is 0 Å². The molecule has 0 saturated carbocycles. The van der Waals surface area contributed by atoms with Crippen molar-refractivity contribution in [1.82, 2.24) is 9.21 Å². The second-order valence-electron chi connectivity index (χ2n) is 6.91. The zero-order chi connectivity index (χ0) is 19.0. The van der Waals surface area contributed by atoms with Crippen LogP contribution in [0.5, 0.6) is 0 Å². The Morgan fingerprint density at radius 2 is 1.67 bits per heavy atom. The van der Waals surface area contributed by atoms with Crippen LogP contribution in [0, 0.1) is 5.82 Å². The molecular weight excluding hydrogens is 387 g/mol. The summed E-state index contributed by atoms with van der Waals surface area (Å²) in [6.45, 7) is 1.23. The van der Waals surface area contributed by atoms with E-state index in [4.69, 9.17) is 0 Å². The molecule has 0 spiro atoms. The highest BCUT2D eigenvalue weighted by Crippen LogP contribution is 2.31. The molecule has 0 atom stereocenters. The summed E-state index contributed by atoms with van der Waals surface area (Å²) >= 11 is 1.66. The Hall–Kier alpha value is -1.77. The first-order valence-corrected chi connectivity index (χ1v) is 11.4. The molecule has 27 heavy (non-hydrogen) atoms. The molecule has 144 valence electrons. The number of thiophene rings is 1. The summed E-state index contributed by atoms with van der Waals surface area (Å²) in [5.74, 6) is -0.461. The fraction of sp³-hybridized carbons (Fsp3) is 0.421. The number of aryl methyl sites for hydroxylation is 1. The number of hydrogen-bond acceptors (Lipinski definition) is 4. The number of halogens is 1. The molecule has 1 fully saturated rings. The molecular formula is C19H21FN2O3S2. The zero-order valence-corrected chi connectivity index (χ0v) is 16.5. The zero-order valence-electron chi connectivity index (χ0n) is 14.9. The van der Waals surface area contributed by atoms with E-state index >= 15 is 0 Å². The van der Waals surface area contributed by atoms with Gasteiger partial charge in [-0.05, 0) is 55.5 Å². The number of piperazine rings is 1. The van der Waals surface area contributed by atoms with E-state index in [1.54, 1.807) is 16.2 Å². The van der Waals surface area contributed by atoms with Gasteiger partial charge in [0.2, 0.25) is 10.0 Å². The van der Waals surface area contributed by atoms with E-state index in [1.807, 2.05) is 5.38 Å². The molecule has 8 heteroatoms. The van der Waals surface area contributed by atoms with Crippen molar-refractivity contribution in [3.8, 4) is 0 Å². The Kier molecular flexibility index (Phi) is 5.05. The van der Waals surface area contributed by atoms with Crippen molar-refractivity contribution >= 4 is 27.3 Å². The van der Waals surface area contributed by atoms with Crippen LogP contribution in [0.4, 0.5) is 4.39 Å². The van der Waals surface area contributed by atoms with Crippen LogP contribution in [0.3, 0.4) is 0 Å². The minimum absolute atomic E-state index is 0.00762. The average Bonchev–Trinajstić information content (AvgIpc) is 3.12. The number of carbonyl (C=O) groups excluding carboxylic acids is 1. The standard InChI is InChI=1S/C19H21FN2O3S2/c20-14-5-7-15(8-6-14)27(24,25)22-11-9-21(10-12-22)19(23)17-13-26-18-4-2-1-3-16(17)18/h5-8,13H,1-4,9-12H2. The molecule has 5 nitrogen and oxygen atoms in total. The highest BCUT2D eigenvalue weighted by molar-refractivity contribution is 7.89. The summed E-state index contributed by atoms with van der Waals surface area (Å²) in [5, 5.41) is 1.96. The fourth-order valence-corrected chi connectivity index (χ4v) is 6.27. The number of hydrogen-bond donors (Lipinski definition) is 0. The van der Waals surface area contributed by atoms with Crippen molar-refractivity contribution in [2.75, 3.05) is 26.2 Å². The van der Waals surface area contributed by atoms with Gasteiger partial charge in [0.1, 0.15) is 5.82 Å². The molecule has 1 aliphatic heterocycles. The molecule has 4 rings (SSSR count). The molecule has 1 amide bonds. The lowest BCUT2D eigenvalue weighted by molar-refractivity contribution is 0.0697. The van der Waals surface area contributed by atoms with Gasteiger partial charge in [-0.15, -0.1) is 11.3 Å². The first-order chi connectivity index (χ1) is 13.0. The monoisotopic (exact) mass is 408 g/mol. The Bertz CT molecular complexity index is 946. The van der Waals surface area contributed by atoms with Crippen molar-refractivity contribution < 1.29 is 17.6 Å². The summed E-state index contributed by atoms with van der Waals surface area (Å²) in [5.41, 5.74) is 1.99. The lowest BCUT2D eigenvalue weighted by Crippen LogP contribution is -2.50. The van der Waals surface area contributed by atoms with E-state index in [0.717, 1.165) is 37.0 Å². The summed E-state index contributed by atoms with van der Waals surface area (Å²) in [7, 11) is -3.67. The molecule has 0 unspecified atom stereocenters. The van der Waals surface area contributed by atoms with Crippen molar-refractivity contribution in [2.45, 2.75) is 30.6 Å². The fourth-order valence-electron chi connectivity index (χ4n) is 3.73. The second kappa shape index (κ2) is 7.33. The molecule has 2 aromatic rings.